The van der Waals surface area contributed by atoms with Gasteiger partial charge in [0.15, 0.2) is 5.82 Å². The third-order valence-corrected chi connectivity index (χ3v) is 4.45. The average Bonchev–Trinajstić information content (AvgIpc) is 3.27. The fraction of sp³-hybridized carbons (Fsp3) is 0.529. The second-order valence-corrected chi connectivity index (χ2v) is 6.69. The first-order valence-corrected chi connectivity index (χ1v) is 8.24. The molecule has 6 nitrogen and oxygen atoms in total. The van der Waals surface area contributed by atoms with E-state index in [9.17, 15) is 9.18 Å². The fourth-order valence-electron chi connectivity index (χ4n) is 3.02. The largest absolute Gasteiger partial charge is 0.337 e. The molecule has 1 aromatic carbocycles. The van der Waals surface area contributed by atoms with Gasteiger partial charge in [0, 0.05) is 13.0 Å². The predicted molar refractivity (Wildman–Crippen MR) is 86.5 cm³/mol. The Hall–Kier alpha value is -2.31. The van der Waals surface area contributed by atoms with Gasteiger partial charge in [-0.1, -0.05) is 26.0 Å². The number of likely N-dealkylation sites (N-methyl/N-ethyl adjacent to an activating group) is 1. The Morgan fingerprint density at radius 1 is 1.33 bits per heavy atom. The standard InChI is InChI=1S/C17H22FN5O/c1-11(2)17-19-20-21-23(17)10-15(24)22(3)16(12-4-5-12)13-6-8-14(18)9-7-13/h6-9,11-12,16H,4-5,10H2,1-3H3/t16-/m1/s1. The molecule has 0 unspecified atom stereocenters. The second-order valence-electron chi connectivity index (χ2n) is 6.69. The molecule has 128 valence electrons. The van der Waals surface area contributed by atoms with E-state index in [0.717, 1.165) is 18.4 Å². The van der Waals surface area contributed by atoms with Crippen molar-refractivity contribution in [2.75, 3.05) is 7.05 Å². The Kier molecular flexibility index (Phi) is 4.59. The minimum atomic E-state index is -0.266. The van der Waals surface area contributed by atoms with Gasteiger partial charge in [-0.15, -0.1) is 5.10 Å². The molecule has 1 aliphatic rings. The highest BCUT2D eigenvalue weighted by Crippen LogP contribution is 2.44. The number of hydrogen-bond donors (Lipinski definition) is 0. The molecule has 24 heavy (non-hydrogen) atoms. The van der Waals surface area contributed by atoms with Gasteiger partial charge in [0.1, 0.15) is 12.4 Å². The minimum absolute atomic E-state index is 0.0305. The minimum Gasteiger partial charge on any atom is -0.337 e. The Labute approximate surface area is 140 Å². The van der Waals surface area contributed by atoms with Crippen LogP contribution in [0.3, 0.4) is 0 Å². The summed E-state index contributed by atoms with van der Waals surface area (Å²) in [6.45, 7) is 4.09. The Morgan fingerprint density at radius 2 is 2.00 bits per heavy atom. The normalized spacial score (nSPS) is 15.5. The van der Waals surface area contributed by atoms with Crippen LogP contribution in [0.4, 0.5) is 4.39 Å². The highest BCUT2D eigenvalue weighted by molar-refractivity contribution is 5.76. The first-order chi connectivity index (χ1) is 11.5. The van der Waals surface area contributed by atoms with Crippen molar-refractivity contribution in [2.45, 2.75) is 45.2 Å². The van der Waals surface area contributed by atoms with E-state index in [-0.39, 0.29) is 30.2 Å². The van der Waals surface area contributed by atoms with E-state index in [4.69, 9.17) is 0 Å². The third-order valence-electron chi connectivity index (χ3n) is 4.45. The molecule has 0 radical (unpaired) electrons. The van der Waals surface area contributed by atoms with E-state index in [0.29, 0.717) is 11.7 Å². The van der Waals surface area contributed by atoms with Crippen LogP contribution in [0.5, 0.6) is 0 Å². The van der Waals surface area contributed by atoms with Crippen LogP contribution in [0.15, 0.2) is 24.3 Å². The molecule has 1 aromatic heterocycles. The zero-order valence-electron chi connectivity index (χ0n) is 14.2. The van der Waals surface area contributed by atoms with Crippen LogP contribution in [0, 0.1) is 11.7 Å². The van der Waals surface area contributed by atoms with Gasteiger partial charge < -0.3 is 4.90 Å². The van der Waals surface area contributed by atoms with Gasteiger partial charge in [-0.3, -0.25) is 4.79 Å². The maximum atomic E-state index is 13.2. The summed E-state index contributed by atoms with van der Waals surface area (Å²) in [5.41, 5.74) is 0.968. The second kappa shape index (κ2) is 6.67. The SMILES string of the molecule is CC(C)c1nnnn1CC(=O)N(C)[C@@H](c1ccc(F)cc1)C1CC1. The van der Waals surface area contributed by atoms with E-state index in [2.05, 4.69) is 15.5 Å². The number of carbonyl (C=O) groups excluding carboxylic acids is 1. The molecule has 7 heteroatoms. The van der Waals surface area contributed by atoms with E-state index in [1.165, 1.54) is 12.1 Å². The molecule has 1 heterocycles. The molecular weight excluding hydrogens is 309 g/mol. The zero-order valence-corrected chi connectivity index (χ0v) is 14.2. The Balaban J connectivity index is 1.77. The fourth-order valence-corrected chi connectivity index (χ4v) is 3.02. The number of hydrogen-bond acceptors (Lipinski definition) is 4. The molecule has 0 N–H and O–H groups in total. The van der Waals surface area contributed by atoms with E-state index in [1.54, 1.807) is 28.8 Å². The van der Waals surface area contributed by atoms with Gasteiger partial charge >= 0.3 is 0 Å². The molecule has 1 fully saturated rings. The van der Waals surface area contributed by atoms with Crippen molar-refractivity contribution in [1.82, 2.24) is 25.1 Å². The lowest BCUT2D eigenvalue weighted by atomic mass is 10.0. The molecule has 1 aliphatic carbocycles. The van der Waals surface area contributed by atoms with Crippen LogP contribution in [0.1, 0.15) is 50.0 Å². The lowest BCUT2D eigenvalue weighted by Crippen LogP contribution is -2.35. The van der Waals surface area contributed by atoms with Crippen molar-refractivity contribution < 1.29 is 9.18 Å². The summed E-state index contributed by atoms with van der Waals surface area (Å²) in [7, 11) is 1.80. The van der Waals surface area contributed by atoms with Gasteiger partial charge in [0.25, 0.3) is 0 Å². The van der Waals surface area contributed by atoms with E-state index >= 15 is 0 Å². The van der Waals surface area contributed by atoms with Crippen LogP contribution >= 0.6 is 0 Å². The monoisotopic (exact) mass is 331 g/mol. The third kappa shape index (κ3) is 3.44. The summed E-state index contributed by atoms with van der Waals surface area (Å²) in [5.74, 6) is 0.960. The number of amides is 1. The quantitative estimate of drug-likeness (QED) is 0.816. The highest BCUT2D eigenvalue weighted by atomic mass is 19.1. The molecule has 0 saturated heterocycles. The number of tetrazole rings is 1. The van der Waals surface area contributed by atoms with Crippen molar-refractivity contribution >= 4 is 5.91 Å². The summed E-state index contributed by atoms with van der Waals surface area (Å²) >= 11 is 0. The maximum absolute atomic E-state index is 13.2. The van der Waals surface area contributed by atoms with Gasteiger partial charge in [-0.2, -0.15) is 0 Å². The summed E-state index contributed by atoms with van der Waals surface area (Å²) in [5, 5.41) is 11.6. The van der Waals surface area contributed by atoms with Gasteiger partial charge in [-0.05, 0) is 46.9 Å². The smallest absolute Gasteiger partial charge is 0.244 e. The topological polar surface area (TPSA) is 63.9 Å². The number of benzene rings is 1. The van der Waals surface area contributed by atoms with E-state index < -0.39 is 0 Å². The average molecular weight is 331 g/mol. The highest BCUT2D eigenvalue weighted by Gasteiger charge is 2.37. The molecule has 0 aliphatic heterocycles. The number of rotatable bonds is 6. The summed E-state index contributed by atoms with van der Waals surface area (Å²) in [4.78, 5) is 14.5. The molecular formula is C17H22FN5O. The van der Waals surface area contributed by atoms with Crippen LogP contribution in [0.25, 0.3) is 0 Å². The molecule has 2 aromatic rings. The summed E-state index contributed by atoms with van der Waals surface area (Å²) in [6.07, 6.45) is 2.17. The Morgan fingerprint density at radius 3 is 2.58 bits per heavy atom. The molecule has 0 spiro atoms. The van der Waals surface area contributed by atoms with Gasteiger partial charge in [0.05, 0.1) is 6.04 Å². The zero-order chi connectivity index (χ0) is 17.3. The van der Waals surface area contributed by atoms with Crippen LogP contribution in [0.2, 0.25) is 0 Å². The van der Waals surface area contributed by atoms with Gasteiger partial charge in [0.2, 0.25) is 5.91 Å². The molecule has 1 saturated carbocycles. The predicted octanol–water partition coefficient (Wildman–Crippen LogP) is 2.55. The van der Waals surface area contributed by atoms with Crippen LogP contribution < -0.4 is 0 Å². The van der Waals surface area contributed by atoms with Crippen molar-refractivity contribution in [2.24, 2.45) is 5.92 Å². The van der Waals surface area contributed by atoms with Gasteiger partial charge in [-0.25, -0.2) is 9.07 Å². The van der Waals surface area contributed by atoms with Crippen LogP contribution in [-0.4, -0.2) is 38.1 Å². The van der Waals surface area contributed by atoms with Crippen molar-refractivity contribution in [3.05, 3.63) is 41.5 Å². The number of halogens is 1. The molecule has 0 bridgehead atoms. The lowest BCUT2D eigenvalue weighted by Gasteiger charge is -2.29. The number of carbonyl (C=O) groups is 1. The lowest BCUT2D eigenvalue weighted by molar-refractivity contribution is -0.133. The number of aromatic nitrogens is 4. The molecule has 1 atom stereocenters. The van der Waals surface area contributed by atoms with Crippen LogP contribution in [-0.2, 0) is 11.3 Å². The first kappa shape index (κ1) is 16.5. The number of nitrogens with zero attached hydrogens (tertiary/aromatic N) is 5. The van der Waals surface area contributed by atoms with Crippen molar-refractivity contribution in [3.63, 3.8) is 0 Å². The van der Waals surface area contributed by atoms with Crippen molar-refractivity contribution in [3.8, 4) is 0 Å². The first-order valence-electron chi connectivity index (χ1n) is 8.24. The van der Waals surface area contributed by atoms with E-state index in [1.807, 2.05) is 13.8 Å². The summed E-state index contributed by atoms with van der Waals surface area (Å²) < 4.78 is 14.7. The summed E-state index contributed by atoms with van der Waals surface area (Å²) in [6, 6.07) is 6.39. The Bertz CT molecular complexity index is 708. The maximum Gasteiger partial charge on any atom is 0.244 e. The molecule has 1 amide bonds. The van der Waals surface area contributed by atoms with Crippen molar-refractivity contribution in [1.29, 1.82) is 0 Å². The molecule has 3 rings (SSSR count).